The van der Waals surface area contributed by atoms with Gasteiger partial charge in [0.2, 0.25) is 0 Å². The third-order valence-corrected chi connectivity index (χ3v) is 5.80. The molecule has 1 aliphatic rings. The van der Waals surface area contributed by atoms with Gasteiger partial charge in [0.1, 0.15) is 11.8 Å². The molecular weight excluding hydrogens is 406 g/mol. The molecule has 0 saturated carbocycles. The van der Waals surface area contributed by atoms with Crippen molar-refractivity contribution in [3.8, 4) is 5.75 Å². The Morgan fingerprint density at radius 3 is 2.61 bits per heavy atom. The molecule has 1 fully saturated rings. The number of pyridine rings is 2. The van der Waals surface area contributed by atoms with Crippen LogP contribution < -0.4 is 10.2 Å². The van der Waals surface area contributed by atoms with E-state index in [4.69, 9.17) is 12.2 Å². The zero-order valence-corrected chi connectivity index (χ0v) is 17.5. The fraction of sp³-hybridized carbons (Fsp3) is 0.125. The highest BCUT2D eigenvalue weighted by Crippen LogP contribution is 2.44. The highest BCUT2D eigenvalue weighted by Gasteiger charge is 2.42. The molecule has 1 aromatic carbocycles. The Morgan fingerprint density at radius 2 is 1.84 bits per heavy atom. The molecule has 31 heavy (non-hydrogen) atoms. The van der Waals surface area contributed by atoms with Crippen LogP contribution in [-0.2, 0) is 6.54 Å². The molecular formula is C24H21N5OS. The maximum absolute atomic E-state index is 10.6. The highest BCUT2D eigenvalue weighted by atomic mass is 32.1. The van der Waals surface area contributed by atoms with Crippen LogP contribution in [0.25, 0.3) is 0 Å². The minimum atomic E-state index is -0.192. The molecule has 0 aliphatic carbocycles. The Balaban J connectivity index is 1.62. The maximum Gasteiger partial charge on any atom is 0.174 e. The van der Waals surface area contributed by atoms with Crippen molar-refractivity contribution in [1.29, 1.82) is 0 Å². The number of hydrogen-bond donors (Lipinski definition) is 2. The van der Waals surface area contributed by atoms with Crippen LogP contribution in [0, 0.1) is 0 Å². The van der Waals surface area contributed by atoms with Crippen LogP contribution in [0.5, 0.6) is 5.75 Å². The van der Waals surface area contributed by atoms with Gasteiger partial charge in [0.05, 0.1) is 17.4 Å². The van der Waals surface area contributed by atoms with E-state index < -0.39 is 0 Å². The predicted octanol–water partition coefficient (Wildman–Crippen LogP) is 4.21. The van der Waals surface area contributed by atoms with Crippen molar-refractivity contribution < 1.29 is 5.11 Å². The second-order valence-corrected chi connectivity index (χ2v) is 7.79. The average molecular weight is 428 g/mol. The Bertz CT molecular complexity index is 1190. The summed E-state index contributed by atoms with van der Waals surface area (Å²) < 4.78 is 2.19. The fourth-order valence-corrected chi connectivity index (χ4v) is 4.45. The third kappa shape index (κ3) is 3.64. The van der Waals surface area contributed by atoms with Crippen LogP contribution in [-0.4, -0.2) is 24.8 Å². The molecule has 4 aromatic rings. The van der Waals surface area contributed by atoms with Crippen molar-refractivity contribution >= 4 is 23.0 Å². The van der Waals surface area contributed by atoms with Gasteiger partial charge in [-0.05, 0) is 60.2 Å². The van der Waals surface area contributed by atoms with Crippen LogP contribution >= 0.6 is 12.2 Å². The molecule has 154 valence electrons. The van der Waals surface area contributed by atoms with E-state index in [9.17, 15) is 5.11 Å². The molecule has 7 heteroatoms. The summed E-state index contributed by atoms with van der Waals surface area (Å²) in [6.07, 6.45) is 7.49. The molecule has 0 radical (unpaired) electrons. The number of phenolic OH excluding ortho intramolecular Hbond substituents is 1. The van der Waals surface area contributed by atoms with E-state index in [0.717, 1.165) is 17.0 Å². The van der Waals surface area contributed by atoms with Crippen molar-refractivity contribution in [2.45, 2.75) is 18.6 Å². The van der Waals surface area contributed by atoms with Gasteiger partial charge in [-0.1, -0.05) is 24.3 Å². The molecule has 0 unspecified atom stereocenters. The number of benzene rings is 1. The number of aromatic nitrogens is 3. The van der Waals surface area contributed by atoms with Gasteiger partial charge in [0.25, 0.3) is 0 Å². The second-order valence-electron chi connectivity index (χ2n) is 7.41. The monoisotopic (exact) mass is 427 g/mol. The number of aromatic hydroxyl groups is 1. The lowest BCUT2D eigenvalue weighted by Crippen LogP contribution is -2.30. The summed E-state index contributed by atoms with van der Waals surface area (Å²) >= 11 is 5.74. The number of nitrogens with zero attached hydrogens (tertiary/aromatic N) is 4. The van der Waals surface area contributed by atoms with Gasteiger partial charge in [0.15, 0.2) is 5.11 Å². The number of hydrogen-bond acceptors (Lipinski definition) is 4. The van der Waals surface area contributed by atoms with Crippen LogP contribution in [0.4, 0.5) is 5.69 Å². The molecule has 3 aromatic heterocycles. The Morgan fingerprint density at radius 1 is 0.968 bits per heavy atom. The quantitative estimate of drug-likeness (QED) is 0.465. The molecule has 4 heterocycles. The smallest absolute Gasteiger partial charge is 0.174 e. The summed E-state index contributed by atoms with van der Waals surface area (Å²) in [6, 6.07) is 20.9. The Kier molecular flexibility index (Phi) is 5.09. The summed E-state index contributed by atoms with van der Waals surface area (Å²) in [7, 11) is 0. The molecule has 5 rings (SSSR count). The Labute approximate surface area is 185 Å². The normalized spacial score (nSPS) is 18.2. The lowest BCUT2D eigenvalue weighted by Gasteiger charge is -2.29. The van der Waals surface area contributed by atoms with Gasteiger partial charge in [-0.3, -0.25) is 9.97 Å². The first-order valence-electron chi connectivity index (χ1n) is 10.0. The summed E-state index contributed by atoms with van der Waals surface area (Å²) in [4.78, 5) is 10.8. The number of anilines is 1. The van der Waals surface area contributed by atoms with E-state index in [2.05, 4.69) is 38.2 Å². The average Bonchev–Trinajstić information content (AvgIpc) is 3.39. The zero-order chi connectivity index (χ0) is 21.2. The maximum atomic E-state index is 10.6. The van der Waals surface area contributed by atoms with Crippen LogP contribution in [0.15, 0.2) is 91.5 Å². The van der Waals surface area contributed by atoms with Crippen LogP contribution in [0.2, 0.25) is 0 Å². The van der Waals surface area contributed by atoms with E-state index in [0.29, 0.717) is 17.3 Å². The predicted molar refractivity (Wildman–Crippen MR) is 124 cm³/mol. The lowest BCUT2D eigenvalue weighted by molar-refractivity contribution is 0.471. The van der Waals surface area contributed by atoms with Gasteiger partial charge in [0, 0.05) is 37.0 Å². The van der Waals surface area contributed by atoms with Gasteiger partial charge >= 0.3 is 0 Å². The third-order valence-electron chi connectivity index (χ3n) is 5.48. The van der Waals surface area contributed by atoms with Crippen molar-refractivity contribution in [3.63, 3.8) is 0 Å². The van der Waals surface area contributed by atoms with Crippen molar-refractivity contribution in [1.82, 2.24) is 19.9 Å². The first kappa shape index (κ1) is 19.3. The standard InChI is InChI=1S/C24H21N5OS/c30-21-11-2-1-9-19(21)29-23(22(27-24(29)31)18-8-3-4-13-26-18)20-10-6-14-28(20)16-17-7-5-12-25-15-17/h1-15,22-23,30H,16H2,(H,27,31)/t22-,23+/m0/s1. The Hall–Kier alpha value is -3.71. The lowest BCUT2D eigenvalue weighted by atomic mass is 10.0. The topological polar surface area (TPSA) is 66.2 Å². The largest absolute Gasteiger partial charge is 0.506 e. The SMILES string of the molecule is Oc1ccccc1N1C(=S)N[C@@H](c2ccccn2)[C@H]1c1cccn1Cc1cccnc1. The molecule has 2 N–H and O–H groups in total. The summed E-state index contributed by atoms with van der Waals surface area (Å²) in [6.45, 7) is 0.684. The molecule has 0 bridgehead atoms. The highest BCUT2D eigenvalue weighted by molar-refractivity contribution is 7.80. The van der Waals surface area contributed by atoms with Gasteiger partial charge in [-0.25, -0.2) is 0 Å². The van der Waals surface area contributed by atoms with Gasteiger partial charge < -0.3 is 19.9 Å². The first-order valence-corrected chi connectivity index (χ1v) is 10.5. The molecule has 2 atom stereocenters. The number of rotatable bonds is 5. The minimum absolute atomic E-state index is 0.171. The van der Waals surface area contributed by atoms with Crippen molar-refractivity contribution in [2.24, 2.45) is 0 Å². The van der Waals surface area contributed by atoms with E-state index >= 15 is 0 Å². The molecule has 1 aliphatic heterocycles. The zero-order valence-electron chi connectivity index (χ0n) is 16.7. The molecule has 1 saturated heterocycles. The van der Waals surface area contributed by atoms with Gasteiger partial charge in [-0.2, -0.15) is 0 Å². The van der Waals surface area contributed by atoms with E-state index in [-0.39, 0.29) is 17.8 Å². The van der Waals surface area contributed by atoms with E-state index in [1.807, 2.05) is 59.6 Å². The first-order chi connectivity index (χ1) is 15.2. The van der Waals surface area contributed by atoms with Crippen molar-refractivity contribution in [2.75, 3.05) is 4.90 Å². The minimum Gasteiger partial charge on any atom is -0.506 e. The second kappa shape index (κ2) is 8.20. The van der Waals surface area contributed by atoms with E-state index in [1.54, 1.807) is 18.5 Å². The molecule has 0 amide bonds. The number of phenols is 1. The fourth-order valence-electron chi connectivity index (χ4n) is 4.11. The van der Waals surface area contributed by atoms with Crippen molar-refractivity contribution in [3.05, 3.63) is 108 Å². The summed E-state index contributed by atoms with van der Waals surface area (Å²) in [5.41, 5.74) is 3.73. The molecule has 6 nitrogen and oxygen atoms in total. The molecule has 0 spiro atoms. The number of nitrogens with one attached hydrogen (secondary N) is 1. The van der Waals surface area contributed by atoms with E-state index in [1.165, 1.54) is 0 Å². The van der Waals surface area contributed by atoms with Crippen LogP contribution in [0.1, 0.15) is 29.0 Å². The number of para-hydroxylation sites is 2. The van der Waals surface area contributed by atoms with Crippen LogP contribution in [0.3, 0.4) is 0 Å². The summed E-state index contributed by atoms with van der Waals surface area (Å²) in [5.74, 6) is 0.184. The summed E-state index contributed by atoms with van der Waals surface area (Å²) in [5, 5.41) is 14.6. The van der Waals surface area contributed by atoms with Gasteiger partial charge in [-0.15, -0.1) is 0 Å². The number of thiocarbonyl (C=S) groups is 1.